The molecule has 2 aromatic rings. The first kappa shape index (κ1) is 27.0. The maximum atomic E-state index is 8.38. The topological polar surface area (TPSA) is 33.0 Å². The second-order valence-electron chi connectivity index (χ2n) is 8.61. The molecule has 1 aliphatic carbocycles. The third kappa shape index (κ3) is 12.6. The first-order valence-corrected chi connectivity index (χ1v) is 11.5. The highest BCUT2D eigenvalue weighted by Gasteiger charge is 2.13. The van der Waals surface area contributed by atoms with E-state index >= 15 is 0 Å². The van der Waals surface area contributed by atoms with E-state index in [1.165, 1.54) is 36.8 Å². The van der Waals surface area contributed by atoms with Crippen molar-refractivity contribution in [3.05, 3.63) is 102 Å². The number of hydrogen-bond donors (Lipinski definition) is 0. The lowest BCUT2D eigenvalue weighted by atomic mass is 9.84. The van der Waals surface area contributed by atoms with Gasteiger partial charge in [0.1, 0.15) is 11.5 Å². The molecule has 3 rings (SSSR count). The average Bonchev–Trinajstić information content (AvgIpc) is 2.79. The van der Waals surface area contributed by atoms with Gasteiger partial charge in [-0.05, 0) is 62.9 Å². The molecule has 32 heavy (non-hydrogen) atoms. The predicted molar refractivity (Wildman–Crippen MR) is 138 cm³/mol. The first-order valence-electron chi connectivity index (χ1n) is 11.5. The average molecular weight is 430 g/mol. The molecule has 1 saturated carbocycles. The smallest absolute Gasteiger partial charge is 0.127 e. The fraction of sp³-hybridized carbons (Fsp3) is 0.367. The van der Waals surface area contributed by atoms with E-state index < -0.39 is 0 Å². The molecule has 0 atom stereocenters. The zero-order valence-electron chi connectivity index (χ0n) is 20.5. The van der Waals surface area contributed by atoms with Gasteiger partial charge in [-0.1, -0.05) is 99.7 Å². The number of nitriles is 1. The van der Waals surface area contributed by atoms with Gasteiger partial charge in [-0.25, -0.2) is 0 Å². The van der Waals surface area contributed by atoms with Crippen molar-refractivity contribution >= 4 is 0 Å². The second-order valence-corrected chi connectivity index (χ2v) is 8.61. The minimum atomic E-state index is 0.636. The van der Waals surface area contributed by atoms with Gasteiger partial charge in [0.25, 0.3) is 0 Å². The molecule has 0 bridgehead atoms. The molecule has 0 amide bonds. The highest BCUT2D eigenvalue weighted by atomic mass is 16.5. The van der Waals surface area contributed by atoms with Crippen LogP contribution in [0.25, 0.3) is 0 Å². The van der Waals surface area contributed by atoms with Gasteiger partial charge in [-0.2, -0.15) is 5.26 Å². The SMILES string of the molecule is C=C(/C=C\C=C/C)Oc1ccc(C)cc1.CC1CCC(C)CC1.Cc1ccc(C#N)cc1. The first-order chi connectivity index (χ1) is 15.3. The Morgan fingerprint density at radius 1 is 0.875 bits per heavy atom. The van der Waals surface area contributed by atoms with Crippen LogP contribution < -0.4 is 4.74 Å². The van der Waals surface area contributed by atoms with Crippen LogP contribution in [0.1, 0.15) is 63.1 Å². The number of ether oxygens (including phenoxy) is 1. The van der Waals surface area contributed by atoms with Gasteiger partial charge < -0.3 is 4.74 Å². The molecule has 1 fully saturated rings. The summed E-state index contributed by atoms with van der Waals surface area (Å²) in [4.78, 5) is 0. The van der Waals surface area contributed by atoms with Gasteiger partial charge in [0.15, 0.2) is 0 Å². The summed E-state index contributed by atoms with van der Waals surface area (Å²) in [6, 6.07) is 17.4. The lowest BCUT2D eigenvalue weighted by molar-refractivity contribution is 0.308. The minimum absolute atomic E-state index is 0.636. The maximum absolute atomic E-state index is 8.38. The van der Waals surface area contributed by atoms with E-state index in [1.807, 2.05) is 93.6 Å². The molecule has 2 heteroatoms. The summed E-state index contributed by atoms with van der Waals surface area (Å²) in [5.41, 5.74) is 3.13. The van der Waals surface area contributed by atoms with Crippen LogP contribution >= 0.6 is 0 Å². The molecule has 0 spiro atoms. The Labute approximate surface area is 196 Å². The number of benzene rings is 2. The monoisotopic (exact) mass is 429 g/mol. The Bertz CT molecular complexity index is 864. The number of aryl methyl sites for hydroxylation is 2. The molecule has 170 valence electrons. The van der Waals surface area contributed by atoms with Crippen molar-refractivity contribution in [1.29, 1.82) is 5.26 Å². The highest BCUT2D eigenvalue weighted by molar-refractivity contribution is 5.31. The van der Waals surface area contributed by atoms with Gasteiger partial charge in [0.2, 0.25) is 0 Å². The van der Waals surface area contributed by atoms with E-state index in [0.29, 0.717) is 5.76 Å². The van der Waals surface area contributed by atoms with Crippen LogP contribution in [0.2, 0.25) is 0 Å². The quantitative estimate of drug-likeness (QED) is 0.359. The van der Waals surface area contributed by atoms with Crippen LogP contribution in [-0.4, -0.2) is 0 Å². The highest BCUT2D eigenvalue weighted by Crippen LogP contribution is 2.27. The largest absolute Gasteiger partial charge is 0.458 e. The number of hydrogen-bond acceptors (Lipinski definition) is 2. The van der Waals surface area contributed by atoms with Crippen LogP contribution in [0, 0.1) is 37.0 Å². The van der Waals surface area contributed by atoms with E-state index in [9.17, 15) is 0 Å². The Hall–Kier alpha value is -3.05. The Morgan fingerprint density at radius 3 is 1.78 bits per heavy atom. The molecule has 0 unspecified atom stereocenters. The standard InChI is InChI=1S/C14H16O.C8H7N.C8H16/c1-4-5-6-7-13(3)15-14-10-8-12(2)9-11-14;1-7-2-4-8(6-9)5-3-7;1-7-3-5-8(2)6-4-7/h4-11H,3H2,1-2H3;2-5H,1H3;7-8H,3-6H2,1-2H3/b5-4-,7-6-;;. The molecule has 0 radical (unpaired) electrons. The van der Waals surface area contributed by atoms with E-state index in [4.69, 9.17) is 10.00 Å². The van der Waals surface area contributed by atoms with Crippen molar-refractivity contribution < 1.29 is 4.74 Å². The van der Waals surface area contributed by atoms with Crippen LogP contribution in [0.3, 0.4) is 0 Å². The van der Waals surface area contributed by atoms with Gasteiger partial charge in [-0.3, -0.25) is 0 Å². The number of allylic oxidation sites excluding steroid dienone is 4. The van der Waals surface area contributed by atoms with Crippen molar-refractivity contribution in [2.45, 2.75) is 60.3 Å². The summed E-state index contributed by atoms with van der Waals surface area (Å²) in [6.45, 7) is 14.5. The van der Waals surface area contributed by atoms with Gasteiger partial charge >= 0.3 is 0 Å². The summed E-state index contributed by atoms with van der Waals surface area (Å²) in [6.07, 6.45) is 13.5. The fourth-order valence-corrected chi connectivity index (χ4v) is 3.12. The van der Waals surface area contributed by atoms with Crippen molar-refractivity contribution in [3.8, 4) is 11.8 Å². The summed E-state index contributed by atoms with van der Waals surface area (Å²) in [7, 11) is 0. The van der Waals surface area contributed by atoms with Gasteiger partial charge in [-0.15, -0.1) is 0 Å². The van der Waals surface area contributed by atoms with Gasteiger partial charge in [0.05, 0.1) is 11.6 Å². The van der Waals surface area contributed by atoms with Crippen LogP contribution in [-0.2, 0) is 0 Å². The third-order valence-corrected chi connectivity index (χ3v) is 5.34. The fourth-order valence-electron chi connectivity index (χ4n) is 3.12. The summed E-state index contributed by atoms with van der Waals surface area (Å²) >= 11 is 0. The Morgan fingerprint density at radius 2 is 1.34 bits per heavy atom. The van der Waals surface area contributed by atoms with Crippen molar-refractivity contribution in [2.75, 3.05) is 0 Å². The molecular formula is C30H39NO. The lowest BCUT2D eigenvalue weighted by Gasteiger charge is -2.22. The Balaban J connectivity index is 0.000000257. The molecule has 0 heterocycles. The van der Waals surface area contributed by atoms with Crippen molar-refractivity contribution in [1.82, 2.24) is 0 Å². The molecule has 0 aliphatic heterocycles. The minimum Gasteiger partial charge on any atom is -0.458 e. The third-order valence-electron chi connectivity index (χ3n) is 5.34. The number of rotatable bonds is 4. The molecular weight excluding hydrogens is 390 g/mol. The zero-order valence-corrected chi connectivity index (χ0v) is 20.5. The van der Waals surface area contributed by atoms with E-state index in [-0.39, 0.29) is 0 Å². The summed E-state index contributed by atoms with van der Waals surface area (Å²) in [5.74, 6) is 3.49. The predicted octanol–water partition coefficient (Wildman–Crippen LogP) is 8.72. The lowest BCUT2D eigenvalue weighted by Crippen LogP contribution is -2.08. The molecule has 1 aliphatic rings. The zero-order chi connectivity index (χ0) is 23.8. The van der Waals surface area contributed by atoms with E-state index in [1.54, 1.807) is 0 Å². The molecule has 0 saturated heterocycles. The second kappa shape index (κ2) is 15.7. The summed E-state index contributed by atoms with van der Waals surface area (Å²) in [5, 5.41) is 8.38. The van der Waals surface area contributed by atoms with Crippen molar-refractivity contribution in [3.63, 3.8) is 0 Å². The molecule has 2 nitrogen and oxygen atoms in total. The van der Waals surface area contributed by atoms with Crippen LogP contribution in [0.15, 0.2) is 85.2 Å². The summed E-state index contributed by atoms with van der Waals surface area (Å²) < 4.78 is 5.50. The number of nitrogens with zero attached hydrogens (tertiary/aromatic N) is 1. The maximum Gasteiger partial charge on any atom is 0.127 e. The molecule has 2 aromatic carbocycles. The molecule has 0 aromatic heterocycles. The van der Waals surface area contributed by atoms with Crippen molar-refractivity contribution in [2.24, 2.45) is 11.8 Å². The molecule has 0 N–H and O–H groups in total. The van der Waals surface area contributed by atoms with E-state index in [2.05, 4.69) is 26.5 Å². The van der Waals surface area contributed by atoms with Crippen LogP contribution in [0.5, 0.6) is 5.75 Å². The Kier molecular flexibility index (Phi) is 13.2. The van der Waals surface area contributed by atoms with Gasteiger partial charge in [0, 0.05) is 0 Å². The van der Waals surface area contributed by atoms with E-state index in [0.717, 1.165) is 23.1 Å². The normalized spacial score (nSPS) is 17.5. The van der Waals surface area contributed by atoms with Crippen LogP contribution in [0.4, 0.5) is 0 Å².